The minimum atomic E-state index is -0.583. The molecule has 1 aliphatic heterocycles. The van der Waals surface area contributed by atoms with Crippen molar-refractivity contribution in [2.75, 3.05) is 0 Å². The van der Waals surface area contributed by atoms with E-state index in [1.54, 1.807) is 24.3 Å². The van der Waals surface area contributed by atoms with E-state index in [0.29, 0.717) is 5.02 Å². The summed E-state index contributed by atoms with van der Waals surface area (Å²) < 4.78 is 5.94. The molecule has 0 radical (unpaired) electrons. The number of oxime groups is 1. The second-order valence-electron chi connectivity index (χ2n) is 6.32. The first-order chi connectivity index (χ1) is 11.4. The number of nitrogens with zero attached hydrogens (tertiary/aromatic N) is 1. The van der Waals surface area contributed by atoms with E-state index < -0.39 is 5.97 Å². The summed E-state index contributed by atoms with van der Waals surface area (Å²) in [6.45, 7) is 4.17. The molecular weight excluding hydrogens is 326 g/mol. The van der Waals surface area contributed by atoms with Gasteiger partial charge in [0.2, 0.25) is 0 Å². The number of carbonyl (C=O) groups is 1. The van der Waals surface area contributed by atoms with Crippen LogP contribution in [0, 0.1) is 0 Å². The van der Waals surface area contributed by atoms with E-state index in [0.717, 1.165) is 29.7 Å². The maximum Gasteiger partial charge on any atom is 0.367 e. The Morgan fingerprint density at radius 1 is 1.29 bits per heavy atom. The minimum absolute atomic E-state index is 0.132. The predicted octanol–water partition coefficient (Wildman–Crippen LogP) is 4.63. The van der Waals surface area contributed by atoms with E-state index >= 15 is 0 Å². The highest BCUT2D eigenvalue weighted by Gasteiger charge is 2.26. The highest BCUT2D eigenvalue weighted by atomic mass is 35.5. The Bertz CT molecular complexity index is 799. The van der Waals surface area contributed by atoms with Gasteiger partial charge in [-0.05, 0) is 68.1 Å². The number of benzene rings is 2. The summed E-state index contributed by atoms with van der Waals surface area (Å²) in [6.07, 6.45) is 3.42. The van der Waals surface area contributed by atoms with Crippen LogP contribution in [0.5, 0.6) is 5.75 Å². The van der Waals surface area contributed by atoms with Crippen molar-refractivity contribution >= 4 is 23.8 Å². The number of rotatable bonds is 3. The van der Waals surface area contributed by atoms with E-state index in [4.69, 9.17) is 21.2 Å². The molecule has 4 nitrogen and oxygen atoms in total. The Balaban J connectivity index is 1.68. The van der Waals surface area contributed by atoms with Crippen LogP contribution in [-0.4, -0.2) is 17.8 Å². The molecule has 0 saturated carbocycles. The number of hydrogen-bond donors (Lipinski definition) is 0. The van der Waals surface area contributed by atoms with Gasteiger partial charge in [0.05, 0.1) is 16.8 Å². The van der Waals surface area contributed by atoms with Crippen molar-refractivity contribution in [1.82, 2.24) is 0 Å². The predicted molar refractivity (Wildman–Crippen MR) is 93.9 cm³/mol. The molecule has 0 amide bonds. The summed E-state index contributed by atoms with van der Waals surface area (Å²) in [7, 11) is 0. The fourth-order valence-electron chi connectivity index (χ4n) is 2.57. The van der Waals surface area contributed by atoms with Crippen molar-refractivity contribution in [3.8, 4) is 5.75 Å². The third kappa shape index (κ3) is 3.77. The minimum Gasteiger partial charge on any atom is -0.488 e. The lowest BCUT2D eigenvalue weighted by molar-refractivity contribution is 0.0519. The van der Waals surface area contributed by atoms with Crippen LogP contribution >= 0.6 is 11.6 Å². The normalized spacial score (nSPS) is 15.6. The molecule has 0 spiro atoms. The molecule has 5 heteroatoms. The monoisotopic (exact) mass is 343 g/mol. The standard InChI is InChI=1S/C19H18ClNO3/c1-19(2)10-9-14-11-13(7-8-17(14)23-19)12-21-24-18(22)15-5-3-4-6-16(15)20/h3-8,11-12H,9-10H2,1-2H3/b21-12+. The van der Waals surface area contributed by atoms with Crippen molar-refractivity contribution in [3.05, 3.63) is 64.2 Å². The van der Waals surface area contributed by atoms with E-state index in [1.807, 2.05) is 18.2 Å². The molecule has 1 aliphatic rings. The second kappa shape index (κ2) is 6.65. The zero-order valence-corrected chi connectivity index (χ0v) is 14.3. The molecule has 24 heavy (non-hydrogen) atoms. The molecule has 0 atom stereocenters. The van der Waals surface area contributed by atoms with E-state index in [2.05, 4.69) is 19.0 Å². The zero-order valence-electron chi connectivity index (χ0n) is 13.6. The van der Waals surface area contributed by atoms with Crippen LogP contribution < -0.4 is 4.74 Å². The van der Waals surface area contributed by atoms with Gasteiger partial charge in [-0.25, -0.2) is 4.79 Å². The van der Waals surface area contributed by atoms with E-state index in [-0.39, 0.29) is 11.2 Å². The second-order valence-corrected chi connectivity index (χ2v) is 6.73. The number of halogens is 1. The summed E-state index contributed by atoms with van der Waals surface area (Å²) in [4.78, 5) is 16.8. The first-order valence-electron chi connectivity index (χ1n) is 7.76. The van der Waals surface area contributed by atoms with Crippen LogP contribution in [0.4, 0.5) is 0 Å². The Morgan fingerprint density at radius 3 is 2.88 bits per heavy atom. The molecule has 0 saturated heterocycles. The van der Waals surface area contributed by atoms with Gasteiger partial charge >= 0.3 is 5.97 Å². The molecule has 0 aliphatic carbocycles. The zero-order chi connectivity index (χ0) is 17.2. The van der Waals surface area contributed by atoms with Crippen molar-refractivity contribution in [2.24, 2.45) is 5.16 Å². The van der Waals surface area contributed by atoms with Gasteiger partial charge in [0.1, 0.15) is 11.4 Å². The number of ether oxygens (including phenoxy) is 1. The van der Waals surface area contributed by atoms with Crippen molar-refractivity contribution in [3.63, 3.8) is 0 Å². The van der Waals surface area contributed by atoms with Crippen molar-refractivity contribution < 1.29 is 14.4 Å². The molecule has 0 fully saturated rings. The van der Waals surface area contributed by atoms with Crippen LogP contribution in [0.2, 0.25) is 5.02 Å². The van der Waals surface area contributed by atoms with Gasteiger partial charge in [-0.1, -0.05) is 28.9 Å². The van der Waals surface area contributed by atoms with Gasteiger partial charge in [-0.3, -0.25) is 0 Å². The third-order valence-electron chi connectivity index (χ3n) is 3.90. The average molecular weight is 344 g/mol. The Hall–Kier alpha value is -2.33. The third-order valence-corrected chi connectivity index (χ3v) is 4.23. The van der Waals surface area contributed by atoms with Crippen LogP contribution in [0.15, 0.2) is 47.6 Å². The van der Waals surface area contributed by atoms with Gasteiger partial charge in [0.15, 0.2) is 0 Å². The summed E-state index contributed by atoms with van der Waals surface area (Å²) in [6, 6.07) is 12.5. The Morgan fingerprint density at radius 2 is 2.08 bits per heavy atom. The fraction of sp³-hybridized carbons (Fsp3) is 0.263. The molecule has 1 heterocycles. The van der Waals surface area contributed by atoms with Gasteiger partial charge in [0.25, 0.3) is 0 Å². The van der Waals surface area contributed by atoms with E-state index in [1.165, 1.54) is 6.21 Å². The highest BCUT2D eigenvalue weighted by molar-refractivity contribution is 6.33. The summed E-state index contributed by atoms with van der Waals surface area (Å²) in [5.74, 6) is 0.316. The molecule has 0 N–H and O–H groups in total. The molecule has 2 aromatic rings. The average Bonchev–Trinajstić information content (AvgIpc) is 2.54. The first-order valence-corrected chi connectivity index (χ1v) is 8.14. The van der Waals surface area contributed by atoms with Gasteiger partial charge in [-0.15, -0.1) is 0 Å². The van der Waals surface area contributed by atoms with Gasteiger partial charge < -0.3 is 9.57 Å². The van der Waals surface area contributed by atoms with Crippen LogP contribution in [-0.2, 0) is 11.3 Å². The quantitative estimate of drug-likeness (QED) is 0.463. The maximum atomic E-state index is 11.9. The highest BCUT2D eigenvalue weighted by Crippen LogP contribution is 2.33. The van der Waals surface area contributed by atoms with E-state index in [9.17, 15) is 4.79 Å². The lowest BCUT2D eigenvalue weighted by Gasteiger charge is -2.32. The molecule has 3 rings (SSSR count). The van der Waals surface area contributed by atoms with Crippen LogP contribution in [0.25, 0.3) is 0 Å². The lowest BCUT2D eigenvalue weighted by Crippen LogP contribution is -2.32. The van der Waals surface area contributed by atoms with Crippen molar-refractivity contribution in [2.45, 2.75) is 32.3 Å². The number of fused-ring (bicyclic) bond motifs is 1. The van der Waals surface area contributed by atoms with Gasteiger partial charge in [0, 0.05) is 0 Å². The Labute approximate surface area is 146 Å². The van der Waals surface area contributed by atoms with Gasteiger partial charge in [-0.2, -0.15) is 0 Å². The molecule has 0 unspecified atom stereocenters. The first kappa shape index (κ1) is 16.5. The molecule has 0 aromatic heterocycles. The maximum absolute atomic E-state index is 11.9. The molecule has 124 valence electrons. The number of aryl methyl sites for hydroxylation is 1. The van der Waals surface area contributed by atoms with Crippen molar-refractivity contribution in [1.29, 1.82) is 0 Å². The fourth-order valence-corrected chi connectivity index (χ4v) is 2.78. The lowest BCUT2D eigenvalue weighted by atomic mass is 9.93. The molecule has 0 bridgehead atoms. The summed E-state index contributed by atoms with van der Waals surface area (Å²) in [5, 5.41) is 4.10. The van der Waals surface area contributed by atoms with Crippen LogP contribution in [0.1, 0.15) is 41.8 Å². The number of hydrogen-bond acceptors (Lipinski definition) is 4. The summed E-state index contributed by atoms with van der Waals surface area (Å²) in [5.41, 5.74) is 2.14. The SMILES string of the molecule is CC1(C)CCc2cc(/C=N/OC(=O)c3ccccc3Cl)ccc2O1. The number of carbonyl (C=O) groups excluding carboxylic acids is 1. The molecule has 2 aromatic carbocycles. The summed E-state index contributed by atoms with van der Waals surface area (Å²) >= 11 is 5.95. The Kier molecular flexibility index (Phi) is 4.58. The topological polar surface area (TPSA) is 47.9 Å². The molecular formula is C19H18ClNO3. The smallest absolute Gasteiger partial charge is 0.367 e. The van der Waals surface area contributed by atoms with Crippen LogP contribution in [0.3, 0.4) is 0 Å². The largest absolute Gasteiger partial charge is 0.488 e.